The van der Waals surface area contributed by atoms with Gasteiger partial charge in [-0.2, -0.15) is 0 Å². The van der Waals surface area contributed by atoms with E-state index < -0.39 is 0 Å². The summed E-state index contributed by atoms with van der Waals surface area (Å²) in [6, 6.07) is 9.20. The number of hydrogen-bond donors (Lipinski definition) is 2. The summed E-state index contributed by atoms with van der Waals surface area (Å²) >= 11 is 0. The van der Waals surface area contributed by atoms with Gasteiger partial charge in [0.15, 0.2) is 17.6 Å². The lowest BCUT2D eigenvalue weighted by molar-refractivity contribution is 0.0917. The highest BCUT2D eigenvalue weighted by Crippen LogP contribution is 2.30. The minimum atomic E-state index is -0.203. The van der Waals surface area contributed by atoms with Crippen molar-refractivity contribution >= 4 is 12.0 Å². The van der Waals surface area contributed by atoms with Crippen molar-refractivity contribution in [1.82, 2.24) is 20.6 Å². The maximum atomic E-state index is 12.3. The Bertz CT molecular complexity index is 773. The fraction of sp³-hybridized carbons (Fsp3) is 0.421. The first kappa shape index (κ1) is 17.4. The molecule has 2 N–H and O–H groups in total. The largest absolute Gasteiger partial charge is 0.486 e. The van der Waals surface area contributed by atoms with Crippen LogP contribution >= 0.6 is 0 Å². The van der Waals surface area contributed by atoms with Crippen molar-refractivity contribution in [3.8, 4) is 11.5 Å². The number of rotatable bonds is 4. The van der Waals surface area contributed by atoms with E-state index in [9.17, 15) is 4.79 Å². The highest BCUT2D eigenvalue weighted by Gasteiger charge is 2.24. The fourth-order valence-corrected chi connectivity index (χ4v) is 3.34. The number of carbonyl (C=O) groups excluding carboxylic acids is 1. The molecule has 2 amide bonds. The van der Waals surface area contributed by atoms with E-state index in [2.05, 4.69) is 25.5 Å². The molecule has 0 saturated carbocycles. The first-order valence-corrected chi connectivity index (χ1v) is 9.23. The van der Waals surface area contributed by atoms with Gasteiger partial charge >= 0.3 is 6.03 Å². The molecule has 0 bridgehead atoms. The highest BCUT2D eigenvalue weighted by molar-refractivity contribution is 5.74. The lowest BCUT2D eigenvalue weighted by Crippen LogP contribution is -2.52. The van der Waals surface area contributed by atoms with Crippen LogP contribution in [0.3, 0.4) is 0 Å². The number of nitrogens with zero attached hydrogens (tertiary/aromatic N) is 3. The van der Waals surface area contributed by atoms with Crippen molar-refractivity contribution in [2.45, 2.75) is 25.0 Å². The van der Waals surface area contributed by atoms with E-state index in [0.717, 1.165) is 25.1 Å². The molecule has 1 saturated heterocycles. The van der Waals surface area contributed by atoms with Crippen molar-refractivity contribution < 1.29 is 14.3 Å². The average molecular weight is 369 g/mol. The molecule has 3 heterocycles. The molecule has 2 aromatic rings. The molecule has 2 aliphatic rings. The Hall–Kier alpha value is -3.03. The van der Waals surface area contributed by atoms with Gasteiger partial charge in [-0.05, 0) is 31.0 Å². The van der Waals surface area contributed by atoms with E-state index in [0.29, 0.717) is 31.4 Å². The summed E-state index contributed by atoms with van der Waals surface area (Å²) in [5, 5.41) is 5.91. The quantitative estimate of drug-likeness (QED) is 0.851. The molecule has 1 aromatic heterocycles. The first-order chi connectivity index (χ1) is 13.3. The van der Waals surface area contributed by atoms with E-state index in [1.807, 2.05) is 24.3 Å². The molecular formula is C19H23N5O3. The molecule has 8 nitrogen and oxygen atoms in total. The highest BCUT2D eigenvalue weighted by atomic mass is 16.6. The van der Waals surface area contributed by atoms with Gasteiger partial charge < -0.3 is 25.0 Å². The summed E-state index contributed by atoms with van der Waals surface area (Å²) in [7, 11) is 0. The van der Waals surface area contributed by atoms with Gasteiger partial charge in [-0.3, -0.25) is 0 Å². The SMILES string of the molecule is O=C(NC[C@H]1COc2ccccc2O1)N[C@H]1CCCN(c2ncccn2)C1. The third-order valence-electron chi connectivity index (χ3n) is 4.65. The van der Waals surface area contributed by atoms with Gasteiger partial charge in [0.25, 0.3) is 0 Å². The van der Waals surface area contributed by atoms with E-state index >= 15 is 0 Å². The van der Waals surface area contributed by atoms with Crippen LogP contribution in [0.1, 0.15) is 12.8 Å². The Morgan fingerprint density at radius 3 is 2.85 bits per heavy atom. The molecule has 4 rings (SSSR count). The van der Waals surface area contributed by atoms with Crippen LogP contribution in [0.2, 0.25) is 0 Å². The van der Waals surface area contributed by atoms with Gasteiger partial charge in [0.05, 0.1) is 6.54 Å². The minimum Gasteiger partial charge on any atom is -0.486 e. The average Bonchev–Trinajstić information content (AvgIpc) is 2.73. The van der Waals surface area contributed by atoms with E-state index in [4.69, 9.17) is 9.47 Å². The summed E-state index contributed by atoms with van der Waals surface area (Å²) in [6.45, 7) is 2.41. The summed E-state index contributed by atoms with van der Waals surface area (Å²) in [5.74, 6) is 2.15. The van der Waals surface area contributed by atoms with Crippen LogP contribution < -0.4 is 25.0 Å². The third-order valence-corrected chi connectivity index (χ3v) is 4.65. The number of amides is 2. The number of para-hydroxylation sites is 2. The standard InChI is InChI=1S/C19H23N5O3/c25-19(22-11-15-13-26-16-6-1-2-7-17(16)27-15)23-14-5-3-10-24(12-14)18-20-8-4-9-21-18/h1-2,4,6-9,14-15H,3,5,10-13H2,(H2,22,23,25)/t14-,15-/m0/s1. The lowest BCUT2D eigenvalue weighted by Gasteiger charge is -2.33. The molecule has 0 aliphatic carbocycles. The molecule has 1 aromatic carbocycles. The predicted molar refractivity (Wildman–Crippen MR) is 100 cm³/mol. The van der Waals surface area contributed by atoms with Crippen LogP contribution in [0.25, 0.3) is 0 Å². The number of carbonyl (C=O) groups is 1. The molecular weight excluding hydrogens is 346 g/mol. The topological polar surface area (TPSA) is 88.6 Å². The number of ether oxygens (including phenoxy) is 2. The molecule has 0 spiro atoms. The lowest BCUT2D eigenvalue weighted by atomic mass is 10.1. The Morgan fingerprint density at radius 1 is 1.19 bits per heavy atom. The molecule has 142 valence electrons. The molecule has 0 radical (unpaired) electrons. The Morgan fingerprint density at radius 2 is 2.00 bits per heavy atom. The van der Waals surface area contributed by atoms with Gasteiger partial charge in [0, 0.05) is 31.5 Å². The van der Waals surface area contributed by atoms with E-state index in [1.54, 1.807) is 18.5 Å². The van der Waals surface area contributed by atoms with Crippen LogP contribution in [0, 0.1) is 0 Å². The predicted octanol–water partition coefficient (Wildman–Crippen LogP) is 1.58. The van der Waals surface area contributed by atoms with Crippen molar-refractivity contribution in [3.05, 3.63) is 42.7 Å². The van der Waals surface area contributed by atoms with Crippen LogP contribution in [0.15, 0.2) is 42.7 Å². The zero-order valence-corrected chi connectivity index (χ0v) is 15.0. The third kappa shape index (κ3) is 4.39. The van der Waals surface area contributed by atoms with Crippen molar-refractivity contribution in [1.29, 1.82) is 0 Å². The summed E-state index contributed by atoms with van der Waals surface area (Å²) < 4.78 is 11.5. The van der Waals surface area contributed by atoms with Gasteiger partial charge in [-0.25, -0.2) is 14.8 Å². The van der Waals surface area contributed by atoms with Crippen molar-refractivity contribution in [2.75, 3.05) is 31.1 Å². The Kier molecular flexibility index (Phi) is 5.22. The number of fused-ring (bicyclic) bond motifs is 1. The van der Waals surface area contributed by atoms with Crippen molar-refractivity contribution in [2.24, 2.45) is 0 Å². The second-order valence-corrected chi connectivity index (χ2v) is 6.69. The van der Waals surface area contributed by atoms with Crippen LogP contribution in [0.4, 0.5) is 10.7 Å². The number of hydrogen-bond acceptors (Lipinski definition) is 6. The van der Waals surface area contributed by atoms with E-state index in [1.165, 1.54) is 0 Å². The molecule has 27 heavy (non-hydrogen) atoms. The number of nitrogens with one attached hydrogen (secondary N) is 2. The number of benzene rings is 1. The van der Waals surface area contributed by atoms with Gasteiger partial charge in [-0.1, -0.05) is 12.1 Å². The van der Waals surface area contributed by atoms with Gasteiger partial charge in [0.1, 0.15) is 6.61 Å². The number of anilines is 1. The van der Waals surface area contributed by atoms with E-state index in [-0.39, 0.29) is 18.2 Å². The van der Waals surface area contributed by atoms with Crippen LogP contribution in [0.5, 0.6) is 11.5 Å². The summed E-state index contributed by atoms with van der Waals surface area (Å²) in [6.07, 6.45) is 5.19. The second-order valence-electron chi connectivity index (χ2n) is 6.69. The molecule has 8 heteroatoms. The van der Waals surface area contributed by atoms with Gasteiger partial charge in [0.2, 0.25) is 5.95 Å². The zero-order chi connectivity index (χ0) is 18.5. The van der Waals surface area contributed by atoms with Gasteiger partial charge in [-0.15, -0.1) is 0 Å². The number of urea groups is 1. The maximum absolute atomic E-state index is 12.3. The van der Waals surface area contributed by atoms with Crippen LogP contribution in [-0.4, -0.2) is 54.4 Å². The molecule has 0 unspecified atom stereocenters. The number of aromatic nitrogens is 2. The normalized spacial score (nSPS) is 21.4. The summed E-state index contributed by atoms with van der Waals surface area (Å²) in [4.78, 5) is 23.0. The smallest absolute Gasteiger partial charge is 0.315 e. The van der Waals surface area contributed by atoms with Crippen LogP contribution in [-0.2, 0) is 0 Å². The molecule has 2 atom stereocenters. The fourth-order valence-electron chi connectivity index (χ4n) is 3.34. The monoisotopic (exact) mass is 369 g/mol. The summed E-state index contributed by atoms with van der Waals surface area (Å²) in [5.41, 5.74) is 0. The van der Waals surface area contributed by atoms with Crippen molar-refractivity contribution in [3.63, 3.8) is 0 Å². The molecule has 1 fully saturated rings. The Labute approximate surface area is 157 Å². The molecule has 2 aliphatic heterocycles. The number of piperidine rings is 1. The zero-order valence-electron chi connectivity index (χ0n) is 15.0. The second kappa shape index (κ2) is 8.11. The Balaban J connectivity index is 1.24. The first-order valence-electron chi connectivity index (χ1n) is 9.23. The minimum absolute atomic E-state index is 0.0619. The maximum Gasteiger partial charge on any atom is 0.315 e.